The van der Waals surface area contributed by atoms with Crippen LogP contribution in [0.2, 0.25) is 0 Å². The molecule has 0 aromatic rings. The van der Waals surface area contributed by atoms with E-state index in [9.17, 15) is 0 Å². The first-order valence-electron chi connectivity index (χ1n) is 5.40. The second-order valence-electron chi connectivity index (χ2n) is 4.59. The Morgan fingerprint density at radius 2 is 2.33 bits per heavy atom. The Balaban J connectivity index is 2.36. The zero-order chi connectivity index (χ0) is 11.4. The molecule has 15 heavy (non-hydrogen) atoms. The normalized spacial score (nSPS) is 26.1. The summed E-state index contributed by atoms with van der Waals surface area (Å²) in [6, 6.07) is 0.643. The van der Waals surface area contributed by atoms with E-state index in [2.05, 4.69) is 29.1 Å². The van der Waals surface area contributed by atoms with Crippen molar-refractivity contribution in [3.63, 3.8) is 0 Å². The molecule has 5 nitrogen and oxygen atoms in total. The molecule has 1 fully saturated rings. The van der Waals surface area contributed by atoms with Crippen LogP contribution in [-0.4, -0.2) is 60.6 Å². The number of amidine groups is 1. The minimum absolute atomic E-state index is 0.121. The molecule has 3 N–H and O–H groups in total. The van der Waals surface area contributed by atoms with Crippen molar-refractivity contribution in [1.29, 1.82) is 0 Å². The molecule has 0 aliphatic carbocycles. The summed E-state index contributed by atoms with van der Waals surface area (Å²) in [6.45, 7) is 5.04. The zero-order valence-electron chi connectivity index (χ0n) is 9.85. The molecule has 0 aromatic heterocycles. The van der Waals surface area contributed by atoms with E-state index < -0.39 is 0 Å². The summed E-state index contributed by atoms with van der Waals surface area (Å²) in [7, 11) is 4.22. The van der Waals surface area contributed by atoms with Crippen molar-refractivity contribution < 1.29 is 5.21 Å². The largest absolute Gasteiger partial charge is 0.409 e. The quantitative estimate of drug-likeness (QED) is 0.299. The summed E-state index contributed by atoms with van der Waals surface area (Å²) >= 11 is 0. The van der Waals surface area contributed by atoms with E-state index in [1.165, 1.54) is 6.42 Å². The van der Waals surface area contributed by atoms with Gasteiger partial charge in [-0.3, -0.25) is 0 Å². The highest BCUT2D eigenvalue weighted by Crippen LogP contribution is 2.14. The maximum Gasteiger partial charge on any atom is 0.143 e. The van der Waals surface area contributed by atoms with E-state index in [-0.39, 0.29) is 5.92 Å². The van der Waals surface area contributed by atoms with Crippen LogP contribution in [0.5, 0.6) is 0 Å². The Morgan fingerprint density at radius 3 is 2.80 bits per heavy atom. The molecule has 0 bridgehead atoms. The topological polar surface area (TPSA) is 65.1 Å². The minimum Gasteiger partial charge on any atom is -0.409 e. The van der Waals surface area contributed by atoms with Crippen LogP contribution < -0.4 is 5.73 Å². The van der Waals surface area contributed by atoms with Crippen molar-refractivity contribution in [1.82, 2.24) is 9.80 Å². The molecule has 0 radical (unpaired) electrons. The first-order chi connectivity index (χ1) is 7.04. The van der Waals surface area contributed by atoms with E-state index in [1.807, 2.05) is 6.92 Å². The summed E-state index contributed by atoms with van der Waals surface area (Å²) in [5.74, 6) is 0.444. The first-order valence-corrected chi connectivity index (χ1v) is 5.40. The van der Waals surface area contributed by atoms with Gasteiger partial charge in [-0.2, -0.15) is 0 Å². The van der Waals surface area contributed by atoms with Gasteiger partial charge in [0.1, 0.15) is 5.84 Å². The van der Waals surface area contributed by atoms with E-state index in [0.717, 1.165) is 19.6 Å². The van der Waals surface area contributed by atoms with Crippen LogP contribution >= 0.6 is 0 Å². The van der Waals surface area contributed by atoms with E-state index >= 15 is 0 Å². The molecule has 1 rings (SSSR count). The number of hydrogen-bond donors (Lipinski definition) is 2. The molecule has 1 aliphatic rings. The summed E-state index contributed by atoms with van der Waals surface area (Å²) in [6.07, 6.45) is 1.20. The van der Waals surface area contributed by atoms with Crippen molar-refractivity contribution in [3.8, 4) is 0 Å². The first kappa shape index (κ1) is 12.3. The third kappa shape index (κ3) is 3.35. The lowest BCUT2D eigenvalue weighted by Gasteiger charge is -2.22. The molecule has 2 atom stereocenters. The minimum atomic E-state index is 0.121. The zero-order valence-corrected chi connectivity index (χ0v) is 9.85. The van der Waals surface area contributed by atoms with Gasteiger partial charge in [0.25, 0.3) is 0 Å². The Hall–Kier alpha value is -0.810. The fourth-order valence-corrected chi connectivity index (χ4v) is 1.98. The average Bonchev–Trinajstić information content (AvgIpc) is 2.65. The third-order valence-electron chi connectivity index (χ3n) is 3.13. The third-order valence-corrected chi connectivity index (χ3v) is 3.13. The lowest BCUT2D eigenvalue weighted by molar-refractivity contribution is 0.258. The lowest BCUT2D eigenvalue weighted by atomic mass is 10.1. The summed E-state index contributed by atoms with van der Waals surface area (Å²) in [4.78, 5) is 4.63. The Labute approximate surface area is 91.5 Å². The number of likely N-dealkylation sites (N-methyl/N-ethyl adjacent to an activating group) is 1. The molecule has 0 saturated carbocycles. The van der Waals surface area contributed by atoms with Crippen molar-refractivity contribution in [2.24, 2.45) is 16.8 Å². The summed E-state index contributed by atoms with van der Waals surface area (Å²) < 4.78 is 0. The highest BCUT2D eigenvalue weighted by molar-refractivity contribution is 5.82. The Morgan fingerprint density at radius 1 is 1.67 bits per heavy atom. The van der Waals surface area contributed by atoms with E-state index in [0.29, 0.717) is 11.9 Å². The molecule has 1 heterocycles. The number of nitrogens with two attached hydrogens (primary N) is 1. The molecule has 0 amide bonds. The van der Waals surface area contributed by atoms with Crippen molar-refractivity contribution in [2.45, 2.75) is 19.4 Å². The molecular weight excluding hydrogens is 192 g/mol. The molecule has 88 valence electrons. The van der Waals surface area contributed by atoms with Crippen LogP contribution in [0.1, 0.15) is 13.3 Å². The van der Waals surface area contributed by atoms with Crippen LogP contribution in [0.4, 0.5) is 0 Å². The molecule has 2 unspecified atom stereocenters. The molecule has 0 aromatic carbocycles. The van der Waals surface area contributed by atoms with E-state index in [4.69, 9.17) is 10.9 Å². The SMILES string of the molecule is CC(CN1CCC(N(C)C)C1)C(N)=NO. The van der Waals surface area contributed by atoms with Gasteiger partial charge in [-0.05, 0) is 27.1 Å². The van der Waals surface area contributed by atoms with Gasteiger partial charge in [0.15, 0.2) is 0 Å². The van der Waals surface area contributed by atoms with Crippen LogP contribution in [0.15, 0.2) is 5.16 Å². The van der Waals surface area contributed by atoms with Gasteiger partial charge < -0.3 is 20.7 Å². The number of oxime groups is 1. The van der Waals surface area contributed by atoms with Gasteiger partial charge in [-0.1, -0.05) is 12.1 Å². The predicted octanol–water partition coefficient (Wildman–Crippen LogP) is 0.00480. The van der Waals surface area contributed by atoms with Crippen LogP contribution in [-0.2, 0) is 0 Å². The molecule has 0 spiro atoms. The van der Waals surface area contributed by atoms with Crippen LogP contribution in [0.25, 0.3) is 0 Å². The van der Waals surface area contributed by atoms with Gasteiger partial charge in [0.2, 0.25) is 0 Å². The van der Waals surface area contributed by atoms with Gasteiger partial charge in [0.05, 0.1) is 0 Å². The lowest BCUT2D eigenvalue weighted by Crippen LogP contribution is -2.36. The standard InChI is InChI=1S/C10H22N4O/c1-8(10(11)12-15)6-14-5-4-9(7-14)13(2)3/h8-9,15H,4-7H2,1-3H3,(H2,11,12). The number of hydrogen-bond acceptors (Lipinski definition) is 4. The highest BCUT2D eigenvalue weighted by atomic mass is 16.4. The van der Waals surface area contributed by atoms with Crippen LogP contribution in [0, 0.1) is 5.92 Å². The fraction of sp³-hybridized carbons (Fsp3) is 0.900. The highest BCUT2D eigenvalue weighted by Gasteiger charge is 2.25. The van der Waals surface area contributed by atoms with Crippen molar-refractivity contribution in [3.05, 3.63) is 0 Å². The molecular formula is C10H22N4O. The predicted molar refractivity (Wildman–Crippen MR) is 61.1 cm³/mol. The molecule has 5 heteroatoms. The number of nitrogens with zero attached hydrogens (tertiary/aromatic N) is 3. The Bertz CT molecular complexity index is 229. The second-order valence-corrected chi connectivity index (χ2v) is 4.59. The number of likely N-dealkylation sites (tertiary alicyclic amines) is 1. The smallest absolute Gasteiger partial charge is 0.143 e. The fourth-order valence-electron chi connectivity index (χ4n) is 1.98. The molecule has 1 saturated heterocycles. The van der Waals surface area contributed by atoms with E-state index in [1.54, 1.807) is 0 Å². The average molecular weight is 214 g/mol. The monoisotopic (exact) mass is 214 g/mol. The van der Waals surface area contributed by atoms with Crippen LogP contribution in [0.3, 0.4) is 0 Å². The van der Waals surface area contributed by atoms with Gasteiger partial charge in [-0.25, -0.2) is 0 Å². The Kier molecular flexibility index (Phi) is 4.35. The molecule has 1 aliphatic heterocycles. The van der Waals surface area contributed by atoms with Crippen molar-refractivity contribution >= 4 is 5.84 Å². The van der Waals surface area contributed by atoms with Gasteiger partial charge in [0, 0.05) is 25.0 Å². The maximum absolute atomic E-state index is 8.56. The second kappa shape index (κ2) is 5.32. The summed E-state index contributed by atoms with van der Waals surface area (Å²) in [5.41, 5.74) is 5.55. The van der Waals surface area contributed by atoms with Crippen molar-refractivity contribution in [2.75, 3.05) is 33.7 Å². The maximum atomic E-state index is 8.56. The van der Waals surface area contributed by atoms with Gasteiger partial charge in [-0.15, -0.1) is 0 Å². The summed E-state index contributed by atoms with van der Waals surface area (Å²) in [5, 5.41) is 11.6. The van der Waals surface area contributed by atoms with Gasteiger partial charge >= 0.3 is 0 Å². The number of rotatable bonds is 4.